The second-order valence-corrected chi connectivity index (χ2v) is 5.76. The van der Waals surface area contributed by atoms with Crippen molar-refractivity contribution in [3.05, 3.63) is 29.3 Å². The smallest absolute Gasteiger partial charge is 0.308 e. The van der Waals surface area contributed by atoms with Crippen molar-refractivity contribution in [1.29, 1.82) is 0 Å². The first kappa shape index (κ1) is 15.4. The zero-order valence-corrected chi connectivity index (χ0v) is 12.6. The van der Waals surface area contributed by atoms with E-state index in [9.17, 15) is 9.59 Å². The molecule has 0 aromatic heterocycles. The zero-order chi connectivity index (χ0) is 15.6. The zero-order valence-electron chi connectivity index (χ0n) is 12.6. The standard InChI is InChI=1S/C16H21NO4/c1-10-4-5-13(6-11(10)2)21-9-15(18)17-7-12(3)14(8-17)16(19)20/h4-6,12,14H,7-9H2,1-3H3,(H,19,20)/t12-,14-/m1/s1. The van der Waals surface area contributed by atoms with E-state index in [1.54, 1.807) is 4.90 Å². The Balaban J connectivity index is 1.90. The number of hydrogen-bond donors (Lipinski definition) is 1. The Morgan fingerprint density at radius 2 is 2.00 bits per heavy atom. The number of amides is 1. The first-order valence-corrected chi connectivity index (χ1v) is 7.09. The fourth-order valence-electron chi connectivity index (χ4n) is 2.53. The molecule has 1 heterocycles. The van der Waals surface area contributed by atoms with Crippen molar-refractivity contribution in [2.24, 2.45) is 11.8 Å². The molecule has 5 heteroatoms. The van der Waals surface area contributed by atoms with E-state index >= 15 is 0 Å². The number of aliphatic carboxylic acids is 1. The number of carbonyl (C=O) groups is 2. The first-order valence-electron chi connectivity index (χ1n) is 7.09. The highest BCUT2D eigenvalue weighted by Gasteiger charge is 2.36. The third kappa shape index (κ3) is 3.54. The lowest BCUT2D eigenvalue weighted by molar-refractivity contribution is -0.142. The minimum atomic E-state index is -0.840. The Hall–Kier alpha value is -2.04. The number of hydrogen-bond acceptors (Lipinski definition) is 3. The van der Waals surface area contributed by atoms with Gasteiger partial charge in [0.05, 0.1) is 5.92 Å². The molecule has 1 aromatic carbocycles. The number of carboxylic acids is 1. The van der Waals surface area contributed by atoms with Crippen molar-refractivity contribution in [3.63, 3.8) is 0 Å². The Kier molecular flexibility index (Phi) is 4.50. The molecule has 1 N–H and O–H groups in total. The number of rotatable bonds is 4. The summed E-state index contributed by atoms with van der Waals surface area (Å²) in [5.74, 6) is -0.839. The molecule has 2 atom stereocenters. The van der Waals surface area contributed by atoms with E-state index < -0.39 is 11.9 Å². The van der Waals surface area contributed by atoms with Gasteiger partial charge in [-0.05, 0) is 43.0 Å². The summed E-state index contributed by atoms with van der Waals surface area (Å²) < 4.78 is 5.51. The van der Waals surface area contributed by atoms with Crippen molar-refractivity contribution < 1.29 is 19.4 Å². The van der Waals surface area contributed by atoms with Gasteiger partial charge in [0.1, 0.15) is 5.75 Å². The lowest BCUT2D eigenvalue weighted by atomic mass is 9.99. The second kappa shape index (κ2) is 6.16. The highest BCUT2D eigenvalue weighted by Crippen LogP contribution is 2.23. The largest absolute Gasteiger partial charge is 0.484 e. The number of carbonyl (C=O) groups excluding carboxylic acids is 1. The summed E-state index contributed by atoms with van der Waals surface area (Å²) in [4.78, 5) is 24.7. The van der Waals surface area contributed by atoms with Crippen molar-refractivity contribution >= 4 is 11.9 Å². The summed E-state index contributed by atoms with van der Waals surface area (Å²) in [6.07, 6.45) is 0. The highest BCUT2D eigenvalue weighted by molar-refractivity contribution is 5.80. The van der Waals surface area contributed by atoms with Crippen LogP contribution in [0.2, 0.25) is 0 Å². The minimum absolute atomic E-state index is 0.0203. The molecule has 2 rings (SSSR count). The minimum Gasteiger partial charge on any atom is -0.484 e. The van der Waals surface area contributed by atoms with Gasteiger partial charge in [-0.25, -0.2) is 0 Å². The average molecular weight is 291 g/mol. The summed E-state index contributed by atoms with van der Waals surface area (Å²) in [6, 6.07) is 5.69. The quantitative estimate of drug-likeness (QED) is 0.919. The second-order valence-electron chi connectivity index (χ2n) is 5.76. The van der Waals surface area contributed by atoms with Crippen LogP contribution in [0.25, 0.3) is 0 Å². The van der Waals surface area contributed by atoms with E-state index in [0.717, 1.165) is 5.56 Å². The van der Waals surface area contributed by atoms with E-state index in [0.29, 0.717) is 12.3 Å². The molecular weight excluding hydrogens is 270 g/mol. The Labute approximate surface area is 124 Å². The predicted molar refractivity (Wildman–Crippen MR) is 78.3 cm³/mol. The van der Waals surface area contributed by atoms with E-state index in [1.807, 2.05) is 39.0 Å². The molecular formula is C16H21NO4. The topological polar surface area (TPSA) is 66.8 Å². The Morgan fingerprint density at radius 1 is 1.29 bits per heavy atom. The molecule has 1 aromatic rings. The normalized spacial score (nSPS) is 21.4. The first-order chi connectivity index (χ1) is 9.88. The van der Waals surface area contributed by atoms with E-state index in [4.69, 9.17) is 9.84 Å². The average Bonchev–Trinajstić information content (AvgIpc) is 2.82. The number of ether oxygens (including phenoxy) is 1. The SMILES string of the molecule is Cc1ccc(OCC(=O)N2C[C@@H](C)[C@H](C(=O)O)C2)cc1C. The molecule has 1 aliphatic heterocycles. The molecule has 21 heavy (non-hydrogen) atoms. The lowest BCUT2D eigenvalue weighted by Gasteiger charge is -2.16. The summed E-state index contributed by atoms with van der Waals surface area (Å²) >= 11 is 0. The van der Waals surface area contributed by atoms with Crippen LogP contribution < -0.4 is 4.74 Å². The van der Waals surface area contributed by atoms with Crippen LogP contribution in [0.3, 0.4) is 0 Å². The van der Waals surface area contributed by atoms with Crippen molar-refractivity contribution in [2.75, 3.05) is 19.7 Å². The predicted octanol–water partition coefficient (Wildman–Crippen LogP) is 1.86. The van der Waals surface area contributed by atoms with E-state index in [1.165, 1.54) is 5.56 Å². The number of nitrogens with zero attached hydrogens (tertiary/aromatic N) is 1. The molecule has 1 fully saturated rings. The van der Waals surface area contributed by atoms with E-state index in [-0.39, 0.29) is 25.0 Å². The third-order valence-electron chi connectivity index (χ3n) is 4.12. The van der Waals surface area contributed by atoms with Crippen LogP contribution in [-0.2, 0) is 9.59 Å². The van der Waals surface area contributed by atoms with Gasteiger partial charge in [-0.15, -0.1) is 0 Å². The maximum atomic E-state index is 12.1. The van der Waals surface area contributed by atoms with Crippen LogP contribution >= 0.6 is 0 Å². The molecule has 1 amide bonds. The Morgan fingerprint density at radius 3 is 2.57 bits per heavy atom. The van der Waals surface area contributed by atoms with Crippen LogP contribution in [0.15, 0.2) is 18.2 Å². The van der Waals surface area contributed by atoms with Gasteiger partial charge in [0.2, 0.25) is 0 Å². The molecule has 0 aliphatic carbocycles. The van der Waals surface area contributed by atoms with Gasteiger partial charge in [0.25, 0.3) is 5.91 Å². The molecule has 0 spiro atoms. The van der Waals surface area contributed by atoms with Crippen molar-refractivity contribution in [1.82, 2.24) is 4.90 Å². The summed E-state index contributed by atoms with van der Waals surface area (Å²) in [6.45, 7) is 6.56. The molecule has 0 unspecified atom stereocenters. The van der Waals surface area contributed by atoms with Crippen LogP contribution in [0, 0.1) is 25.7 Å². The maximum absolute atomic E-state index is 12.1. The van der Waals surface area contributed by atoms with Gasteiger partial charge in [0.15, 0.2) is 6.61 Å². The van der Waals surface area contributed by atoms with Gasteiger partial charge < -0.3 is 14.7 Å². The van der Waals surface area contributed by atoms with Crippen LogP contribution in [0.1, 0.15) is 18.1 Å². The lowest BCUT2D eigenvalue weighted by Crippen LogP contribution is -2.33. The van der Waals surface area contributed by atoms with Crippen LogP contribution in [0.5, 0.6) is 5.75 Å². The van der Waals surface area contributed by atoms with Crippen molar-refractivity contribution in [2.45, 2.75) is 20.8 Å². The molecule has 0 saturated carbocycles. The molecule has 5 nitrogen and oxygen atoms in total. The Bertz CT molecular complexity index is 555. The molecule has 114 valence electrons. The van der Waals surface area contributed by atoms with Gasteiger partial charge in [-0.3, -0.25) is 9.59 Å². The van der Waals surface area contributed by atoms with E-state index in [2.05, 4.69) is 0 Å². The molecule has 1 aliphatic rings. The summed E-state index contributed by atoms with van der Waals surface area (Å²) in [7, 11) is 0. The number of aryl methyl sites for hydroxylation is 2. The van der Waals surface area contributed by atoms with Gasteiger partial charge in [-0.1, -0.05) is 13.0 Å². The summed E-state index contributed by atoms with van der Waals surface area (Å²) in [5, 5.41) is 9.08. The molecule has 0 radical (unpaired) electrons. The van der Waals surface area contributed by atoms with Crippen molar-refractivity contribution in [3.8, 4) is 5.75 Å². The van der Waals surface area contributed by atoms with Gasteiger partial charge in [0, 0.05) is 13.1 Å². The van der Waals surface area contributed by atoms with Crippen LogP contribution in [-0.4, -0.2) is 41.6 Å². The number of carboxylic acid groups (broad SMARTS) is 1. The fourth-order valence-corrected chi connectivity index (χ4v) is 2.53. The van der Waals surface area contributed by atoms with Gasteiger partial charge >= 0.3 is 5.97 Å². The maximum Gasteiger partial charge on any atom is 0.308 e. The van der Waals surface area contributed by atoms with Crippen LogP contribution in [0.4, 0.5) is 0 Å². The molecule has 1 saturated heterocycles. The van der Waals surface area contributed by atoms with Gasteiger partial charge in [-0.2, -0.15) is 0 Å². The fraction of sp³-hybridized carbons (Fsp3) is 0.500. The third-order valence-corrected chi connectivity index (χ3v) is 4.12. The summed E-state index contributed by atoms with van der Waals surface area (Å²) in [5.41, 5.74) is 2.28. The highest BCUT2D eigenvalue weighted by atomic mass is 16.5. The monoisotopic (exact) mass is 291 g/mol. The number of likely N-dealkylation sites (tertiary alicyclic amines) is 1. The molecule has 0 bridgehead atoms. The number of benzene rings is 1.